The molecule has 0 aromatic carbocycles. The second-order valence-corrected chi connectivity index (χ2v) is 16.3. The minimum atomic E-state index is -0.164. The normalized spacial score (nSPS) is 51.9. The van der Waals surface area contributed by atoms with Gasteiger partial charge in [-0.1, -0.05) is 46.8 Å². The Morgan fingerprint density at radius 2 is 1.68 bits per heavy atom. The van der Waals surface area contributed by atoms with Crippen LogP contribution in [-0.4, -0.2) is 25.3 Å². The van der Waals surface area contributed by atoms with Crippen molar-refractivity contribution in [2.24, 2.45) is 56.7 Å². The van der Waals surface area contributed by atoms with E-state index in [1.54, 1.807) is 0 Å². The zero-order valence-electron chi connectivity index (χ0n) is 25.5. The fourth-order valence-corrected chi connectivity index (χ4v) is 12.4. The number of Topliss-reactive ketones (excluding diaryl/α,β-unsaturated/α-hetero) is 1. The van der Waals surface area contributed by atoms with E-state index in [9.17, 15) is 4.79 Å². The molecule has 6 fully saturated rings. The van der Waals surface area contributed by atoms with Crippen LogP contribution in [0.1, 0.15) is 125 Å². The summed E-state index contributed by atoms with van der Waals surface area (Å²) in [7, 11) is 0. The summed E-state index contributed by atoms with van der Waals surface area (Å²) in [4.78, 5) is 13.1. The molecule has 1 saturated heterocycles. The maximum atomic E-state index is 13.1. The van der Waals surface area contributed by atoms with Crippen LogP contribution in [-0.2, 0) is 14.3 Å². The van der Waals surface area contributed by atoms with Crippen LogP contribution in [0.2, 0.25) is 0 Å². The fraction of sp³-hybridized carbons (Fsp3) is 0.914. The highest BCUT2D eigenvalue weighted by atomic mass is 16.7. The molecular weight excluding hydrogens is 468 g/mol. The van der Waals surface area contributed by atoms with Gasteiger partial charge in [-0.3, -0.25) is 4.79 Å². The summed E-state index contributed by atoms with van der Waals surface area (Å²) in [6.45, 7) is 21.2. The first kappa shape index (κ1) is 27.5. The Balaban J connectivity index is 1.32. The van der Waals surface area contributed by atoms with Gasteiger partial charge in [-0.05, 0) is 135 Å². The van der Waals surface area contributed by atoms with Crippen LogP contribution in [0, 0.1) is 56.7 Å². The predicted octanol–water partition coefficient (Wildman–Crippen LogP) is 8.76. The van der Waals surface area contributed by atoms with Crippen molar-refractivity contribution in [1.29, 1.82) is 0 Å². The van der Waals surface area contributed by atoms with Gasteiger partial charge in [0.15, 0.2) is 6.29 Å². The lowest BCUT2D eigenvalue weighted by Crippen LogP contribution is -2.66. The van der Waals surface area contributed by atoms with Gasteiger partial charge in [0.25, 0.3) is 0 Å². The lowest BCUT2D eigenvalue weighted by atomic mass is 9.32. The monoisotopic (exact) mass is 524 g/mol. The molecule has 5 unspecified atom stereocenters. The average Bonchev–Trinajstić information content (AvgIpc) is 3.27. The van der Waals surface area contributed by atoms with Crippen LogP contribution >= 0.6 is 0 Å². The van der Waals surface area contributed by atoms with Gasteiger partial charge in [0, 0.05) is 18.4 Å². The number of ether oxygens (including phenoxy) is 2. The van der Waals surface area contributed by atoms with Crippen LogP contribution in [0.4, 0.5) is 0 Å². The lowest BCUT2D eigenvalue weighted by molar-refractivity contribution is -0.245. The van der Waals surface area contributed by atoms with Crippen LogP contribution in [0.3, 0.4) is 0 Å². The Hall–Kier alpha value is -0.670. The SMILES string of the molecule is C=C(C)[C@@H]1CC[C@]2(COC3CCCCO3)CC[C@]3(C)C(CCC4[C@@]5(C)CCC(=O)C(C)(C)C5CC[C@]43C)C12. The number of rotatable bonds is 4. The van der Waals surface area contributed by atoms with Crippen LogP contribution in [0.25, 0.3) is 0 Å². The molecule has 1 heterocycles. The topological polar surface area (TPSA) is 35.5 Å². The molecule has 0 N–H and O–H groups in total. The second-order valence-electron chi connectivity index (χ2n) is 16.3. The van der Waals surface area contributed by atoms with Crippen molar-refractivity contribution < 1.29 is 14.3 Å². The summed E-state index contributed by atoms with van der Waals surface area (Å²) in [6, 6.07) is 0. The van der Waals surface area contributed by atoms with Crippen molar-refractivity contribution in [1.82, 2.24) is 0 Å². The number of hydrogen-bond donors (Lipinski definition) is 0. The Kier molecular flexibility index (Phi) is 6.63. The highest BCUT2D eigenvalue weighted by Crippen LogP contribution is 2.77. The van der Waals surface area contributed by atoms with Gasteiger partial charge in [-0.2, -0.15) is 0 Å². The minimum Gasteiger partial charge on any atom is -0.353 e. The molecule has 0 aromatic rings. The van der Waals surface area contributed by atoms with Crippen LogP contribution in [0.5, 0.6) is 0 Å². The van der Waals surface area contributed by atoms with E-state index in [-0.39, 0.29) is 22.5 Å². The molecule has 6 rings (SSSR count). The van der Waals surface area contributed by atoms with Gasteiger partial charge in [0.2, 0.25) is 0 Å². The molecule has 1 aliphatic heterocycles. The number of allylic oxidation sites excluding steroid dienone is 1. The summed E-state index contributed by atoms with van der Waals surface area (Å²) in [6.07, 6.45) is 15.8. The van der Waals surface area contributed by atoms with Gasteiger partial charge in [0.1, 0.15) is 5.78 Å². The lowest BCUT2D eigenvalue weighted by Gasteiger charge is -2.72. The molecule has 3 heteroatoms. The van der Waals surface area contributed by atoms with E-state index < -0.39 is 0 Å². The summed E-state index contributed by atoms with van der Waals surface area (Å²) in [5.41, 5.74) is 2.52. The largest absolute Gasteiger partial charge is 0.353 e. The summed E-state index contributed by atoms with van der Waals surface area (Å²) < 4.78 is 12.7. The third-order valence-electron chi connectivity index (χ3n) is 14.7. The number of ketones is 1. The van der Waals surface area contributed by atoms with E-state index in [0.29, 0.717) is 34.4 Å². The Morgan fingerprint density at radius 1 is 0.895 bits per heavy atom. The van der Waals surface area contributed by atoms with E-state index in [1.807, 2.05) is 0 Å². The number of fused-ring (bicyclic) bond motifs is 7. The Morgan fingerprint density at radius 3 is 2.39 bits per heavy atom. The third kappa shape index (κ3) is 3.68. The summed E-state index contributed by atoms with van der Waals surface area (Å²) >= 11 is 0. The Labute approximate surface area is 233 Å². The molecule has 0 bridgehead atoms. The van der Waals surface area contributed by atoms with Crippen LogP contribution < -0.4 is 0 Å². The molecule has 6 aliphatic rings. The standard InChI is InChI=1S/C35H56O3/c1-23(2)24-13-18-35(22-38-29-10-8-9-21-37-29)20-19-33(6)25(30(24)35)11-12-27-32(5)16-15-28(36)31(3,4)26(32)14-17-34(27,33)7/h24-27,29-30H,1,8-22H2,2-7H3/t24-,25?,26?,27?,29?,30?,32-,33+,34+,35+/m0/s1. The number of carbonyl (C=O) groups is 1. The molecular formula is C35H56O3. The molecule has 214 valence electrons. The van der Waals surface area contributed by atoms with Crippen LogP contribution in [0.15, 0.2) is 12.2 Å². The third-order valence-corrected chi connectivity index (χ3v) is 14.7. The van der Waals surface area contributed by atoms with Crippen molar-refractivity contribution >= 4 is 5.78 Å². The number of carbonyl (C=O) groups excluding carboxylic acids is 1. The second kappa shape index (κ2) is 9.17. The molecule has 5 saturated carbocycles. The van der Waals surface area contributed by atoms with Crippen molar-refractivity contribution in [2.75, 3.05) is 13.2 Å². The predicted molar refractivity (Wildman–Crippen MR) is 154 cm³/mol. The molecule has 0 radical (unpaired) electrons. The van der Waals surface area contributed by atoms with E-state index in [2.05, 4.69) is 48.1 Å². The highest BCUT2D eigenvalue weighted by Gasteiger charge is 2.70. The van der Waals surface area contributed by atoms with Gasteiger partial charge >= 0.3 is 0 Å². The first-order valence-corrected chi connectivity index (χ1v) is 16.3. The molecule has 0 aromatic heterocycles. The zero-order valence-corrected chi connectivity index (χ0v) is 25.5. The molecule has 3 nitrogen and oxygen atoms in total. The van der Waals surface area contributed by atoms with Gasteiger partial charge < -0.3 is 9.47 Å². The highest BCUT2D eigenvalue weighted by molar-refractivity contribution is 5.85. The first-order chi connectivity index (χ1) is 17.9. The van der Waals surface area contributed by atoms with Crippen molar-refractivity contribution in [3.05, 3.63) is 12.2 Å². The molecule has 0 amide bonds. The molecule has 38 heavy (non-hydrogen) atoms. The fourth-order valence-electron chi connectivity index (χ4n) is 12.4. The molecule has 10 atom stereocenters. The van der Waals surface area contributed by atoms with Crippen molar-refractivity contribution in [3.63, 3.8) is 0 Å². The number of hydrogen-bond acceptors (Lipinski definition) is 3. The minimum absolute atomic E-state index is 0.0109. The maximum Gasteiger partial charge on any atom is 0.157 e. The first-order valence-electron chi connectivity index (χ1n) is 16.3. The van der Waals surface area contributed by atoms with Gasteiger partial charge in [-0.25, -0.2) is 0 Å². The van der Waals surface area contributed by atoms with Gasteiger partial charge in [0.05, 0.1) is 6.61 Å². The average molecular weight is 525 g/mol. The van der Waals surface area contributed by atoms with E-state index >= 15 is 0 Å². The Bertz CT molecular complexity index is 962. The van der Waals surface area contributed by atoms with E-state index in [4.69, 9.17) is 9.47 Å². The quantitative estimate of drug-likeness (QED) is 0.345. The van der Waals surface area contributed by atoms with Crippen molar-refractivity contribution in [2.45, 2.75) is 131 Å². The van der Waals surface area contributed by atoms with E-state index in [0.717, 1.165) is 44.3 Å². The molecule has 0 spiro atoms. The maximum absolute atomic E-state index is 13.1. The summed E-state index contributed by atoms with van der Waals surface area (Å²) in [5, 5.41) is 0. The molecule has 5 aliphatic carbocycles. The van der Waals surface area contributed by atoms with Crippen molar-refractivity contribution in [3.8, 4) is 0 Å². The van der Waals surface area contributed by atoms with Gasteiger partial charge in [-0.15, -0.1) is 0 Å². The zero-order chi connectivity index (χ0) is 27.1. The summed E-state index contributed by atoms with van der Waals surface area (Å²) in [5.74, 6) is 3.85. The smallest absolute Gasteiger partial charge is 0.157 e. The van der Waals surface area contributed by atoms with E-state index in [1.165, 1.54) is 69.8 Å².